The quantitative estimate of drug-likeness (QED) is 0.839. The van der Waals surface area contributed by atoms with Crippen LogP contribution in [-0.2, 0) is 10.9 Å². The van der Waals surface area contributed by atoms with Gasteiger partial charge in [0, 0.05) is 13.2 Å². The Morgan fingerprint density at radius 3 is 2.68 bits per heavy atom. The summed E-state index contributed by atoms with van der Waals surface area (Å²) in [5, 5.41) is 2.97. The van der Waals surface area contributed by atoms with Gasteiger partial charge >= 0.3 is 6.18 Å². The van der Waals surface area contributed by atoms with Crippen molar-refractivity contribution in [2.45, 2.75) is 32.0 Å². The third-order valence-electron chi connectivity index (χ3n) is 2.59. The first-order valence-electron chi connectivity index (χ1n) is 5.96. The number of methoxy groups -OCH3 is 1. The van der Waals surface area contributed by atoms with Crippen LogP contribution in [0.2, 0.25) is 0 Å². The number of hydrogen-bond donors (Lipinski definition) is 2. The molecule has 0 saturated carbocycles. The summed E-state index contributed by atoms with van der Waals surface area (Å²) in [6.07, 6.45) is -1.80. The number of nitrogens with zero attached hydrogens (tertiary/aromatic N) is 1. The number of ether oxygens (including phenoxy) is 1. The summed E-state index contributed by atoms with van der Waals surface area (Å²) < 4.78 is 42.8. The molecule has 1 unspecified atom stereocenters. The molecule has 0 amide bonds. The molecule has 1 aromatic rings. The standard InChI is InChI=1S/C12H18F3N3O/c1-3-4-8(7-19-2)18-10-5-11(12(13,14)15)17-6-9(10)16/h5-6,8H,3-4,7,16H2,1-2H3,(H,17,18). The molecule has 1 rings (SSSR count). The molecule has 7 heteroatoms. The van der Waals surface area contributed by atoms with Gasteiger partial charge in [-0.05, 0) is 12.5 Å². The molecule has 0 aromatic carbocycles. The van der Waals surface area contributed by atoms with Crippen LogP contribution in [0.4, 0.5) is 24.5 Å². The predicted octanol–water partition coefficient (Wildman–Crippen LogP) is 2.91. The highest BCUT2D eigenvalue weighted by Crippen LogP contribution is 2.31. The normalized spacial score (nSPS) is 13.3. The fourth-order valence-corrected chi connectivity index (χ4v) is 1.71. The third kappa shape index (κ3) is 4.59. The molecule has 4 nitrogen and oxygen atoms in total. The van der Waals surface area contributed by atoms with E-state index in [1.165, 1.54) is 0 Å². The predicted molar refractivity (Wildman–Crippen MR) is 67.8 cm³/mol. The molecule has 0 saturated heterocycles. The lowest BCUT2D eigenvalue weighted by Crippen LogP contribution is -2.25. The highest BCUT2D eigenvalue weighted by molar-refractivity contribution is 5.65. The zero-order valence-electron chi connectivity index (χ0n) is 10.9. The van der Waals surface area contributed by atoms with Crippen LogP contribution in [0.25, 0.3) is 0 Å². The minimum atomic E-state index is -4.48. The van der Waals surface area contributed by atoms with E-state index < -0.39 is 11.9 Å². The zero-order valence-corrected chi connectivity index (χ0v) is 10.9. The number of nitrogens with one attached hydrogen (secondary N) is 1. The SMILES string of the molecule is CCCC(COC)Nc1cc(C(F)(F)F)ncc1N. The fraction of sp³-hybridized carbons (Fsp3) is 0.583. The molecular weight excluding hydrogens is 259 g/mol. The first-order valence-corrected chi connectivity index (χ1v) is 5.96. The monoisotopic (exact) mass is 277 g/mol. The average molecular weight is 277 g/mol. The number of hydrogen-bond acceptors (Lipinski definition) is 4. The summed E-state index contributed by atoms with van der Waals surface area (Å²) in [6, 6.07) is 0.842. The summed E-state index contributed by atoms with van der Waals surface area (Å²) in [5.41, 5.74) is 5.10. The molecule has 0 aliphatic carbocycles. The van der Waals surface area contributed by atoms with Crippen molar-refractivity contribution in [3.63, 3.8) is 0 Å². The van der Waals surface area contributed by atoms with Gasteiger partial charge in [0.1, 0.15) is 5.69 Å². The summed E-state index contributed by atoms with van der Waals surface area (Å²) in [7, 11) is 1.54. The van der Waals surface area contributed by atoms with Crippen molar-refractivity contribution in [2.75, 3.05) is 24.8 Å². The van der Waals surface area contributed by atoms with E-state index in [4.69, 9.17) is 10.5 Å². The highest BCUT2D eigenvalue weighted by atomic mass is 19.4. The first kappa shape index (κ1) is 15.6. The largest absolute Gasteiger partial charge is 0.433 e. The number of aromatic nitrogens is 1. The van der Waals surface area contributed by atoms with E-state index >= 15 is 0 Å². The molecule has 0 fully saturated rings. The third-order valence-corrected chi connectivity index (χ3v) is 2.59. The molecule has 0 aliphatic heterocycles. The number of alkyl halides is 3. The Hall–Kier alpha value is -1.50. The molecule has 19 heavy (non-hydrogen) atoms. The Labute approximate surface area is 110 Å². The summed E-state index contributed by atoms with van der Waals surface area (Å²) in [4.78, 5) is 3.29. The Morgan fingerprint density at radius 1 is 1.47 bits per heavy atom. The molecule has 3 N–H and O–H groups in total. The smallest absolute Gasteiger partial charge is 0.396 e. The lowest BCUT2D eigenvalue weighted by molar-refractivity contribution is -0.141. The second-order valence-electron chi connectivity index (χ2n) is 4.24. The van der Waals surface area contributed by atoms with Crippen LogP contribution in [0, 0.1) is 0 Å². The molecular formula is C12H18F3N3O. The van der Waals surface area contributed by atoms with Crippen LogP contribution in [-0.4, -0.2) is 24.7 Å². The van der Waals surface area contributed by atoms with Crippen LogP contribution in [0.3, 0.4) is 0 Å². The summed E-state index contributed by atoms with van der Waals surface area (Å²) >= 11 is 0. The minimum absolute atomic E-state index is 0.0826. The molecule has 1 atom stereocenters. The van der Waals surface area contributed by atoms with Gasteiger partial charge in [0.15, 0.2) is 0 Å². The molecule has 0 bridgehead atoms. The van der Waals surface area contributed by atoms with Crippen LogP contribution in [0.1, 0.15) is 25.5 Å². The van der Waals surface area contributed by atoms with E-state index in [0.717, 1.165) is 25.1 Å². The van der Waals surface area contributed by atoms with Gasteiger partial charge in [0.2, 0.25) is 0 Å². The van der Waals surface area contributed by atoms with Gasteiger partial charge in [-0.2, -0.15) is 13.2 Å². The topological polar surface area (TPSA) is 60.2 Å². The van der Waals surface area contributed by atoms with Crippen molar-refractivity contribution in [1.82, 2.24) is 4.98 Å². The van der Waals surface area contributed by atoms with Gasteiger partial charge in [-0.25, -0.2) is 4.98 Å². The molecule has 1 heterocycles. The first-order chi connectivity index (χ1) is 8.88. The van der Waals surface area contributed by atoms with Crippen LogP contribution < -0.4 is 11.1 Å². The van der Waals surface area contributed by atoms with Gasteiger partial charge < -0.3 is 15.8 Å². The zero-order chi connectivity index (χ0) is 14.5. The van der Waals surface area contributed by atoms with Gasteiger partial charge in [0.05, 0.1) is 24.2 Å². The van der Waals surface area contributed by atoms with Crippen molar-refractivity contribution >= 4 is 11.4 Å². The van der Waals surface area contributed by atoms with Gasteiger partial charge in [0.25, 0.3) is 0 Å². The molecule has 0 radical (unpaired) electrons. The number of halogens is 3. The Balaban J connectivity index is 2.92. The molecule has 0 spiro atoms. The Bertz CT molecular complexity index is 404. The number of anilines is 2. The second-order valence-corrected chi connectivity index (χ2v) is 4.24. The minimum Gasteiger partial charge on any atom is -0.396 e. The van der Waals surface area contributed by atoms with E-state index in [9.17, 15) is 13.2 Å². The van der Waals surface area contributed by atoms with E-state index in [1.54, 1.807) is 7.11 Å². The van der Waals surface area contributed by atoms with Crippen LogP contribution in [0.15, 0.2) is 12.3 Å². The van der Waals surface area contributed by atoms with Crippen molar-refractivity contribution < 1.29 is 17.9 Å². The van der Waals surface area contributed by atoms with Crippen molar-refractivity contribution in [1.29, 1.82) is 0 Å². The maximum Gasteiger partial charge on any atom is 0.433 e. The molecule has 1 aromatic heterocycles. The molecule has 108 valence electrons. The van der Waals surface area contributed by atoms with E-state index in [0.29, 0.717) is 6.61 Å². The average Bonchev–Trinajstić information content (AvgIpc) is 2.31. The lowest BCUT2D eigenvalue weighted by atomic mass is 10.1. The molecule has 0 aliphatic rings. The Kier molecular flexibility index (Phi) is 5.41. The van der Waals surface area contributed by atoms with Crippen LogP contribution in [0.5, 0.6) is 0 Å². The van der Waals surface area contributed by atoms with Gasteiger partial charge in [-0.1, -0.05) is 13.3 Å². The van der Waals surface area contributed by atoms with E-state index in [-0.39, 0.29) is 17.4 Å². The number of pyridine rings is 1. The number of nitrogen functional groups attached to an aromatic ring is 1. The van der Waals surface area contributed by atoms with Gasteiger partial charge in [-0.15, -0.1) is 0 Å². The maximum absolute atomic E-state index is 12.6. The highest BCUT2D eigenvalue weighted by Gasteiger charge is 2.33. The maximum atomic E-state index is 12.6. The van der Waals surface area contributed by atoms with Gasteiger partial charge in [-0.3, -0.25) is 0 Å². The summed E-state index contributed by atoms with van der Waals surface area (Å²) in [6.45, 7) is 2.39. The fourth-order valence-electron chi connectivity index (χ4n) is 1.71. The number of nitrogens with two attached hydrogens (primary N) is 1. The second kappa shape index (κ2) is 6.60. The Morgan fingerprint density at radius 2 is 2.16 bits per heavy atom. The lowest BCUT2D eigenvalue weighted by Gasteiger charge is -2.20. The van der Waals surface area contributed by atoms with Crippen molar-refractivity contribution in [3.8, 4) is 0 Å². The number of rotatable bonds is 6. The van der Waals surface area contributed by atoms with E-state index in [2.05, 4.69) is 10.3 Å². The van der Waals surface area contributed by atoms with Crippen molar-refractivity contribution in [2.24, 2.45) is 0 Å². The van der Waals surface area contributed by atoms with Crippen molar-refractivity contribution in [3.05, 3.63) is 18.0 Å². The van der Waals surface area contributed by atoms with Crippen LogP contribution >= 0.6 is 0 Å². The van der Waals surface area contributed by atoms with E-state index in [1.807, 2.05) is 6.92 Å². The summed E-state index contributed by atoms with van der Waals surface area (Å²) in [5.74, 6) is 0.